The SMILES string of the molecule is Cc1ccn(C(=O)CCCN(C)c2nc(OC[C@]34CCC[C@H]3N(C)CCC4)nc3c(F)c(-c4ccc(F)c5sc(N)c(C#N)c45)c(Cl)cc23)n1. The van der Waals surface area contributed by atoms with E-state index in [2.05, 4.69) is 22.0 Å². The maximum absolute atomic E-state index is 17.0. The average Bonchev–Trinajstić information content (AvgIpc) is 3.82. The Morgan fingerprint density at radius 2 is 2.06 bits per heavy atom. The molecule has 3 aromatic heterocycles. The number of ether oxygens (including phenoxy) is 1. The van der Waals surface area contributed by atoms with Gasteiger partial charge < -0.3 is 20.3 Å². The molecule has 2 atom stereocenters. The normalized spacial score (nSPS) is 19.2. The molecule has 14 heteroatoms. The van der Waals surface area contributed by atoms with Crippen LogP contribution in [0, 0.1) is 35.3 Å². The number of fused-ring (bicyclic) bond motifs is 3. The monoisotopic (exact) mass is 718 g/mol. The summed E-state index contributed by atoms with van der Waals surface area (Å²) in [5.74, 6) is -1.07. The molecule has 2 aromatic carbocycles. The van der Waals surface area contributed by atoms with Crippen molar-refractivity contribution in [2.75, 3.05) is 44.4 Å². The topological polar surface area (TPSA) is 126 Å². The molecule has 0 unspecified atom stereocenters. The maximum atomic E-state index is 17.0. The molecule has 2 N–H and O–H groups in total. The number of likely N-dealkylation sites (tertiary alicyclic amines) is 1. The highest BCUT2D eigenvalue weighted by molar-refractivity contribution is 7.23. The molecule has 2 fully saturated rings. The van der Waals surface area contributed by atoms with Crippen molar-refractivity contribution < 1.29 is 18.3 Å². The van der Waals surface area contributed by atoms with Gasteiger partial charge in [0.1, 0.15) is 28.2 Å². The van der Waals surface area contributed by atoms with Crippen molar-refractivity contribution in [3.8, 4) is 23.2 Å². The van der Waals surface area contributed by atoms with E-state index < -0.39 is 11.6 Å². The highest BCUT2D eigenvalue weighted by Gasteiger charge is 2.47. The Kier molecular flexibility index (Phi) is 9.13. The van der Waals surface area contributed by atoms with E-state index in [1.807, 2.05) is 24.9 Å². The molecule has 0 bridgehead atoms. The van der Waals surface area contributed by atoms with E-state index in [4.69, 9.17) is 27.1 Å². The molecule has 2 aliphatic rings. The number of nitrogens with two attached hydrogens (primary N) is 1. The lowest BCUT2D eigenvalue weighted by Gasteiger charge is -2.44. The van der Waals surface area contributed by atoms with Crippen molar-refractivity contribution in [2.24, 2.45) is 5.41 Å². The maximum Gasteiger partial charge on any atom is 0.319 e. The van der Waals surface area contributed by atoms with Crippen LogP contribution in [0.2, 0.25) is 5.02 Å². The highest BCUT2D eigenvalue weighted by Crippen LogP contribution is 2.48. The van der Waals surface area contributed by atoms with Crippen LogP contribution >= 0.6 is 22.9 Å². The van der Waals surface area contributed by atoms with Crippen molar-refractivity contribution in [3.63, 3.8) is 0 Å². The van der Waals surface area contributed by atoms with Gasteiger partial charge in [-0.2, -0.15) is 20.3 Å². The molecule has 50 heavy (non-hydrogen) atoms. The quantitative estimate of drug-likeness (QED) is 0.164. The molecule has 0 spiro atoms. The number of rotatable bonds is 9. The van der Waals surface area contributed by atoms with Gasteiger partial charge in [0.2, 0.25) is 5.91 Å². The summed E-state index contributed by atoms with van der Waals surface area (Å²) in [7, 11) is 3.97. The number of carbonyl (C=O) groups excluding carboxylic acids is 1. The van der Waals surface area contributed by atoms with E-state index in [-0.39, 0.29) is 66.1 Å². The molecule has 0 amide bonds. The number of piperidine rings is 1. The number of nitrogens with zero attached hydrogens (tertiary/aromatic N) is 7. The van der Waals surface area contributed by atoms with Gasteiger partial charge in [-0.3, -0.25) is 4.79 Å². The first-order valence-electron chi connectivity index (χ1n) is 16.7. The van der Waals surface area contributed by atoms with Crippen LogP contribution in [0.25, 0.3) is 32.1 Å². The molecule has 10 nitrogen and oxygen atoms in total. The van der Waals surface area contributed by atoms with Gasteiger partial charge in [0.25, 0.3) is 0 Å². The molecular weight excluding hydrogens is 682 g/mol. The van der Waals surface area contributed by atoms with Crippen LogP contribution in [0.15, 0.2) is 30.5 Å². The van der Waals surface area contributed by atoms with Crippen molar-refractivity contribution in [3.05, 3.63) is 58.4 Å². The van der Waals surface area contributed by atoms with Crippen LogP contribution in [0.5, 0.6) is 6.01 Å². The second kappa shape index (κ2) is 13.4. The first-order valence-corrected chi connectivity index (χ1v) is 17.9. The summed E-state index contributed by atoms with van der Waals surface area (Å²) < 4.78 is 39.8. The lowest BCUT2D eigenvalue weighted by Crippen LogP contribution is -2.50. The molecule has 4 heterocycles. The minimum atomic E-state index is -0.755. The minimum Gasteiger partial charge on any atom is -0.463 e. The van der Waals surface area contributed by atoms with Crippen molar-refractivity contribution in [1.82, 2.24) is 24.6 Å². The average molecular weight is 719 g/mol. The fraction of sp³-hybridized carbons (Fsp3) is 0.417. The molecule has 1 saturated carbocycles. The molecular formula is C36H37ClF2N8O2S. The van der Waals surface area contributed by atoms with Crippen LogP contribution in [-0.2, 0) is 0 Å². The molecule has 5 aromatic rings. The first-order chi connectivity index (χ1) is 24.0. The predicted octanol–water partition coefficient (Wildman–Crippen LogP) is 7.60. The Balaban J connectivity index is 1.30. The molecule has 1 saturated heterocycles. The number of aryl methyl sites for hydroxylation is 1. The summed E-state index contributed by atoms with van der Waals surface area (Å²) in [6.45, 7) is 3.68. The Hall–Kier alpha value is -4.38. The third-order valence-electron chi connectivity index (χ3n) is 10.3. The Morgan fingerprint density at radius 3 is 2.82 bits per heavy atom. The van der Waals surface area contributed by atoms with Gasteiger partial charge in [0.05, 0.1) is 27.6 Å². The third kappa shape index (κ3) is 5.93. The van der Waals surface area contributed by atoms with Crippen LogP contribution in [0.1, 0.15) is 61.0 Å². The van der Waals surface area contributed by atoms with E-state index in [0.717, 1.165) is 55.7 Å². The Morgan fingerprint density at radius 1 is 1.26 bits per heavy atom. The largest absolute Gasteiger partial charge is 0.463 e. The summed E-state index contributed by atoms with van der Waals surface area (Å²) in [5.41, 5.74) is 7.03. The Labute approximate surface area is 297 Å². The van der Waals surface area contributed by atoms with Gasteiger partial charge in [0.15, 0.2) is 5.82 Å². The summed E-state index contributed by atoms with van der Waals surface area (Å²) in [5, 5.41) is 14.8. The van der Waals surface area contributed by atoms with Gasteiger partial charge in [-0.25, -0.2) is 13.5 Å². The summed E-state index contributed by atoms with van der Waals surface area (Å²) >= 11 is 7.77. The zero-order chi connectivity index (χ0) is 35.3. The number of carbonyl (C=O) groups is 1. The fourth-order valence-corrected chi connectivity index (χ4v) is 9.14. The van der Waals surface area contributed by atoms with Crippen molar-refractivity contribution >= 4 is 60.7 Å². The van der Waals surface area contributed by atoms with E-state index in [9.17, 15) is 14.4 Å². The summed E-state index contributed by atoms with van der Waals surface area (Å²) in [6, 6.07) is 8.45. The first kappa shape index (κ1) is 34.1. The fourth-order valence-electron chi connectivity index (χ4n) is 7.90. The summed E-state index contributed by atoms with van der Waals surface area (Å²) in [4.78, 5) is 26.4. The molecule has 7 rings (SSSR count). The number of nitrogen functional groups attached to an aromatic ring is 1. The zero-order valence-electron chi connectivity index (χ0n) is 28.1. The van der Waals surface area contributed by atoms with Crippen LogP contribution in [0.3, 0.4) is 0 Å². The number of thiophene rings is 1. The highest BCUT2D eigenvalue weighted by atomic mass is 35.5. The minimum absolute atomic E-state index is 0.0276. The summed E-state index contributed by atoms with van der Waals surface area (Å²) in [6.07, 6.45) is 7.71. The second-order valence-electron chi connectivity index (χ2n) is 13.5. The molecule has 0 radical (unpaired) electrons. The number of nitriles is 1. The lowest BCUT2D eigenvalue weighted by molar-refractivity contribution is 0.0133. The number of halogens is 3. The number of anilines is 2. The Bertz CT molecular complexity index is 2180. The van der Waals surface area contributed by atoms with Gasteiger partial charge in [0, 0.05) is 54.0 Å². The molecule has 1 aliphatic carbocycles. The van der Waals surface area contributed by atoms with Crippen molar-refractivity contribution in [1.29, 1.82) is 5.26 Å². The number of hydrogen-bond donors (Lipinski definition) is 1. The lowest BCUT2D eigenvalue weighted by atomic mass is 9.76. The van der Waals surface area contributed by atoms with E-state index in [0.29, 0.717) is 36.8 Å². The van der Waals surface area contributed by atoms with Gasteiger partial charge >= 0.3 is 6.01 Å². The van der Waals surface area contributed by atoms with Gasteiger partial charge in [-0.05, 0) is 76.4 Å². The van der Waals surface area contributed by atoms with E-state index in [1.165, 1.54) is 16.8 Å². The third-order valence-corrected chi connectivity index (χ3v) is 11.7. The standard InChI is InChI=1S/C36H37ClF2N8O2S/c1-20-11-16-47(44-20)27(48)8-5-14-46(3)34-22-17-24(37)29(21-9-10-25(38)32-28(21)23(18-40)33(41)50-32)30(39)31(22)42-35(43-34)49-19-36-12-4-7-26(36)45(2)15-6-13-36/h9-11,16-17,26H,4-8,12-15,19,41H2,1-3H3/t26-,36-/m1/s1. The second-order valence-corrected chi connectivity index (χ2v) is 14.9. The van der Waals surface area contributed by atoms with Crippen molar-refractivity contribution in [2.45, 2.75) is 57.9 Å². The number of aromatic nitrogens is 4. The van der Waals surface area contributed by atoms with Crippen LogP contribution in [0.4, 0.5) is 19.6 Å². The van der Waals surface area contributed by atoms with Crippen LogP contribution < -0.4 is 15.4 Å². The van der Waals surface area contributed by atoms with E-state index in [1.54, 1.807) is 18.3 Å². The van der Waals surface area contributed by atoms with Crippen LogP contribution in [-0.4, -0.2) is 70.4 Å². The van der Waals surface area contributed by atoms with Gasteiger partial charge in [-0.15, -0.1) is 11.3 Å². The smallest absolute Gasteiger partial charge is 0.319 e. The number of benzene rings is 2. The zero-order valence-corrected chi connectivity index (χ0v) is 29.7. The van der Waals surface area contributed by atoms with E-state index >= 15 is 4.39 Å². The molecule has 1 aliphatic heterocycles. The molecule has 260 valence electrons. The van der Waals surface area contributed by atoms with Gasteiger partial charge in [-0.1, -0.05) is 24.1 Å². The predicted molar refractivity (Wildman–Crippen MR) is 192 cm³/mol. The number of hydrogen-bond acceptors (Lipinski definition) is 10.